The van der Waals surface area contributed by atoms with E-state index in [1.165, 1.54) is 11.1 Å². The fourth-order valence-electron chi connectivity index (χ4n) is 2.13. The van der Waals surface area contributed by atoms with Crippen LogP contribution in [0.25, 0.3) is 0 Å². The molecule has 1 aliphatic rings. The second-order valence-electron chi connectivity index (χ2n) is 5.15. The van der Waals surface area contributed by atoms with E-state index >= 15 is 0 Å². The van der Waals surface area contributed by atoms with Gasteiger partial charge in [-0.05, 0) is 30.5 Å². The number of rotatable bonds is 6. The third kappa shape index (κ3) is 5.12. The van der Waals surface area contributed by atoms with Crippen molar-refractivity contribution in [2.45, 2.75) is 46.0 Å². The van der Waals surface area contributed by atoms with Gasteiger partial charge in [0.05, 0.1) is 12.7 Å². The van der Waals surface area contributed by atoms with Gasteiger partial charge in [-0.2, -0.15) is 0 Å². The number of ether oxygens (including phenoxy) is 1. The molecule has 20 heavy (non-hydrogen) atoms. The maximum Gasteiger partial charge on any atom is 0.222 e. The molecule has 0 fully saturated rings. The Bertz CT molecular complexity index is 449. The lowest BCUT2D eigenvalue weighted by molar-refractivity contribution is -0.122. The summed E-state index contributed by atoms with van der Waals surface area (Å²) in [5.41, 5.74) is 3.86. The molecule has 5 heteroatoms. The molecular weight excluding hydrogens is 276 g/mol. The molecule has 1 amide bonds. The summed E-state index contributed by atoms with van der Waals surface area (Å²) in [6.07, 6.45) is 0.599. The van der Waals surface area contributed by atoms with Crippen LogP contribution in [0.4, 0.5) is 0 Å². The molecule has 0 radical (unpaired) electrons. The van der Waals surface area contributed by atoms with Gasteiger partial charge in [-0.25, -0.2) is 0 Å². The van der Waals surface area contributed by atoms with E-state index in [4.69, 9.17) is 4.74 Å². The highest BCUT2D eigenvalue weighted by atomic mass is 35.5. The van der Waals surface area contributed by atoms with Crippen LogP contribution in [0.15, 0.2) is 18.2 Å². The van der Waals surface area contributed by atoms with Gasteiger partial charge < -0.3 is 15.4 Å². The Morgan fingerprint density at radius 2 is 2.10 bits per heavy atom. The molecule has 0 saturated carbocycles. The average molecular weight is 299 g/mol. The standard InChI is InChI=1S/C15H22N2O2.ClH/c1-11(2)19-6-5-15(18)17-8-12-3-4-13-9-16-10-14(13)7-12;/h3-4,7,11,16H,5-6,8-10H2,1-2H3,(H,17,18);1H. The molecule has 1 heterocycles. The molecule has 2 rings (SSSR count). The van der Waals surface area contributed by atoms with Gasteiger partial charge >= 0.3 is 0 Å². The monoisotopic (exact) mass is 298 g/mol. The number of carbonyl (C=O) groups excluding carboxylic acids is 1. The molecule has 112 valence electrons. The summed E-state index contributed by atoms with van der Waals surface area (Å²) in [6.45, 7) is 6.90. The van der Waals surface area contributed by atoms with E-state index in [9.17, 15) is 4.79 Å². The number of nitrogens with one attached hydrogen (secondary N) is 2. The first-order valence-corrected chi connectivity index (χ1v) is 6.85. The van der Waals surface area contributed by atoms with E-state index in [0.717, 1.165) is 18.7 Å². The van der Waals surface area contributed by atoms with Crippen LogP contribution in [-0.2, 0) is 29.2 Å². The third-order valence-electron chi connectivity index (χ3n) is 3.17. The molecule has 1 aliphatic heterocycles. The zero-order valence-electron chi connectivity index (χ0n) is 12.1. The molecular formula is C15H23ClN2O2. The first-order chi connectivity index (χ1) is 9.15. The maximum absolute atomic E-state index is 11.6. The smallest absolute Gasteiger partial charge is 0.222 e. The van der Waals surface area contributed by atoms with Crippen molar-refractivity contribution in [3.63, 3.8) is 0 Å². The normalized spacial score (nSPS) is 12.9. The Labute approximate surface area is 126 Å². The molecule has 0 saturated heterocycles. The van der Waals surface area contributed by atoms with Crippen LogP contribution >= 0.6 is 12.4 Å². The Morgan fingerprint density at radius 3 is 2.85 bits per heavy atom. The molecule has 4 nitrogen and oxygen atoms in total. The van der Waals surface area contributed by atoms with Crippen LogP contribution in [0.1, 0.15) is 37.0 Å². The highest BCUT2D eigenvalue weighted by Crippen LogP contribution is 2.16. The largest absolute Gasteiger partial charge is 0.378 e. The maximum atomic E-state index is 11.6. The van der Waals surface area contributed by atoms with Gasteiger partial charge in [0.1, 0.15) is 0 Å². The van der Waals surface area contributed by atoms with Crippen LogP contribution in [0.2, 0.25) is 0 Å². The number of fused-ring (bicyclic) bond motifs is 1. The summed E-state index contributed by atoms with van der Waals surface area (Å²) in [6, 6.07) is 6.38. The van der Waals surface area contributed by atoms with Crippen LogP contribution in [-0.4, -0.2) is 18.6 Å². The lowest BCUT2D eigenvalue weighted by Crippen LogP contribution is -2.24. The van der Waals surface area contributed by atoms with Crippen LogP contribution < -0.4 is 10.6 Å². The number of benzene rings is 1. The van der Waals surface area contributed by atoms with Gasteiger partial charge in [0.25, 0.3) is 0 Å². The molecule has 0 atom stereocenters. The average Bonchev–Trinajstić information content (AvgIpc) is 2.83. The molecule has 0 spiro atoms. The summed E-state index contributed by atoms with van der Waals surface area (Å²) < 4.78 is 5.36. The Kier molecular flexibility index (Phi) is 6.99. The molecule has 0 bridgehead atoms. The number of amides is 1. The first-order valence-electron chi connectivity index (χ1n) is 6.85. The van der Waals surface area contributed by atoms with E-state index in [1.54, 1.807) is 0 Å². The number of halogens is 1. The Balaban J connectivity index is 0.00000200. The third-order valence-corrected chi connectivity index (χ3v) is 3.17. The molecule has 0 unspecified atom stereocenters. The molecule has 2 N–H and O–H groups in total. The second-order valence-corrected chi connectivity index (χ2v) is 5.15. The number of hydrogen-bond donors (Lipinski definition) is 2. The van der Waals surface area contributed by atoms with Crippen molar-refractivity contribution in [2.75, 3.05) is 6.61 Å². The predicted octanol–water partition coefficient (Wildman–Crippen LogP) is 2.14. The topological polar surface area (TPSA) is 50.4 Å². The van der Waals surface area contributed by atoms with Crippen LogP contribution in [0, 0.1) is 0 Å². The van der Waals surface area contributed by atoms with E-state index < -0.39 is 0 Å². The van der Waals surface area contributed by atoms with Crippen molar-refractivity contribution in [1.82, 2.24) is 10.6 Å². The fourth-order valence-corrected chi connectivity index (χ4v) is 2.13. The Hall–Kier alpha value is -1.10. The zero-order chi connectivity index (χ0) is 13.7. The van der Waals surface area contributed by atoms with Gasteiger partial charge in [0, 0.05) is 26.1 Å². The van der Waals surface area contributed by atoms with Crippen LogP contribution in [0.5, 0.6) is 0 Å². The number of hydrogen-bond acceptors (Lipinski definition) is 3. The lowest BCUT2D eigenvalue weighted by Gasteiger charge is -2.09. The van der Waals surface area contributed by atoms with Gasteiger partial charge in [0.2, 0.25) is 5.91 Å². The van der Waals surface area contributed by atoms with Gasteiger partial charge in [-0.3, -0.25) is 4.79 Å². The molecule has 0 aromatic heterocycles. The summed E-state index contributed by atoms with van der Waals surface area (Å²) >= 11 is 0. The van der Waals surface area contributed by atoms with E-state index in [-0.39, 0.29) is 24.4 Å². The highest BCUT2D eigenvalue weighted by molar-refractivity contribution is 5.85. The zero-order valence-corrected chi connectivity index (χ0v) is 12.9. The summed E-state index contributed by atoms with van der Waals surface area (Å²) in [4.78, 5) is 11.6. The molecule has 1 aromatic carbocycles. The quantitative estimate of drug-likeness (QED) is 0.846. The van der Waals surface area contributed by atoms with Crippen LogP contribution in [0.3, 0.4) is 0 Å². The van der Waals surface area contributed by atoms with Gasteiger partial charge in [-0.15, -0.1) is 12.4 Å². The summed E-state index contributed by atoms with van der Waals surface area (Å²) in [5, 5.41) is 6.24. The van der Waals surface area contributed by atoms with Crippen molar-refractivity contribution < 1.29 is 9.53 Å². The van der Waals surface area contributed by atoms with Gasteiger partial charge in [-0.1, -0.05) is 18.2 Å². The minimum Gasteiger partial charge on any atom is -0.378 e. The summed E-state index contributed by atoms with van der Waals surface area (Å²) in [7, 11) is 0. The minimum absolute atomic E-state index is 0. The predicted molar refractivity (Wildman–Crippen MR) is 81.8 cm³/mol. The van der Waals surface area contributed by atoms with Crippen molar-refractivity contribution >= 4 is 18.3 Å². The van der Waals surface area contributed by atoms with Crippen molar-refractivity contribution in [2.24, 2.45) is 0 Å². The molecule has 0 aliphatic carbocycles. The minimum atomic E-state index is 0. The Morgan fingerprint density at radius 1 is 1.35 bits per heavy atom. The first kappa shape index (κ1) is 17.0. The molecule has 1 aromatic rings. The highest BCUT2D eigenvalue weighted by Gasteiger charge is 2.10. The van der Waals surface area contributed by atoms with Crippen molar-refractivity contribution in [3.8, 4) is 0 Å². The summed E-state index contributed by atoms with van der Waals surface area (Å²) in [5.74, 6) is 0.0410. The van der Waals surface area contributed by atoms with E-state index in [0.29, 0.717) is 19.6 Å². The van der Waals surface area contributed by atoms with E-state index in [1.807, 2.05) is 13.8 Å². The van der Waals surface area contributed by atoms with Crippen molar-refractivity contribution in [1.29, 1.82) is 0 Å². The van der Waals surface area contributed by atoms with E-state index in [2.05, 4.69) is 28.8 Å². The second kappa shape index (κ2) is 8.25. The van der Waals surface area contributed by atoms with Crippen molar-refractivity contribution in [3.05, 3.63) is 34.9 Å². The lowest BCUT2D eigenvalue weighted by atomic mass is 10.1. The number of carbonyl (C=O) groups is 1. The SMILES string of the molecule is CC(C)OCCC(=O)NCc1ccc2c(c1)CNC2.Cl. The van der Waals surface area contributed by atoms with Gasteiger partial charge in [0.15, 0.2) is 0 Å². The fraction of sp³-hybridized carbons (Fsp3) is 0.533.